The average Bonchev–Trinajstić information content (AvgIpc) is 3.35. The van der Waals surface area contributed by atoms with Gasteiger partial charge >= 0.3 is 0 Å². The van der Waals surface area contributed by atoms with E-state index in [4.69, 9.17) is 19.7 Å². The number of pyridine rings is 2. The van der Waals surface area contributed by atoms with Crippen LogP contribution in [0.4, 0.5) is 8.78 Å². The van der Waals surface area contributed by atoms with Crippen LogP contribution in [-0.4, -0.2) is 116 Å². The van der Waals surface area contributed by atoms with Gasteiger partial charge in [-0.2, -0.15) is 0 Å². The molecule has 0 aliphatic carbocycles. The largest absolute Gasteiger partial charge is 0.378 e. The van der Waals surface area contributed by atoms with Gasteiger partial charge in [-0.15, -0.1) is 0 Å². The zero-order valence-electron chi connectivity index (χ0n) is 36.1. The molecule has 2 saturated heterocycles. The maximum absolute atomic E-state index is 17.0. The molecule has 0 saturated carbocycles. The molecule has 0 N–H and O–H groups in total. The number of hydrogen-bond donors (Lipinski definition) is 0. The van der Waals surface area contributed by atoms with Crippen LogP contribution in [0.3, 0.4) is 0 Å². The van der Waals surface area contributed by atoms with E-state index in [1.54, 1.807) is 86.3 Å². The van der Waals surface area contributed by atoms with E-state index in [9.17, 15) is 14.0 Å². The molecule has 2 aliphatic rings. The van der Waals surface area contributed by atoms with Crippen molar-refractivity contribution in [1.29, 1.82) is 0 Å². The highest BCUT2D eigenvalue weighted by Crippen LogP contribution is 2.41. The molecule has 10 rings (SSSR count). The van der Waals surface area contributed by atoms with Crippen molar-refractivity contribution in [3.05, 3.63) is 144 Å². The summed E-state index contributed by atoms with van der Waals surface area (Å²) in [6.07, 6.45) is 9.54. The Morgan fingerprint density at radius 1 is 0.523 bits per heavy atom. The standard InChI is InChI=1S/C51H43F2N9O3/c1-30-20-33(4-6-42(30)52)47-39(25-37(28-58-47)51(64)62-16-18-65-19-17-62)34-22-41(49-45(27-34)56-10-11-57-49)40-23-35(21-31(2)46(40)53)48-38(32-5-7-43-44(26-32)55-9-8-54-43)24-36(29-59-48)50(63)61-14-12-60(3)13-15-61/h4-11,20-29H,12-19H2,1-3H3. The number of amides is 2. The highest BCUT2D eigenvalue weighted by molar-refractivity contribution is 6.02. The predicted molar refractivity (Wildman–Crippen MR) is 245 cm³/mol. The van der Waals surface area contributed by atoms with Crippen LogP contribution in [0.25, 0.3) is 78.0 Å². The number of halogens is 2. The number of likely N-dealkylation sites (N-methyl/N-ethyl adjacent to an activating group) is 1. The minimum absolute atomic E-state index is 0.114. The highest BCUT2D eigenvalue weighted by Gasteiger charge is 2.26. The van der Waals surface area contributed by atoms with E-state index < -0.39 is 5.82 Å². The lowest BCUT2D eigenvalue weighted by molar-refractivity contribution is 0.0302. The third-order valence-corrected chi connectivity index (χ3v) is 12.3. The molecule has 2 fully saturated rings. The topological polar surface area (TPSA) is 130 Å². The molecule has 65 heavy (non-hydrogen) atoms. The molecule has 4 aromatic carbocycles. The summed E-state index contributed by atoms with van der Waals surface area (Å²) < 4.78 is 37.1. The Morgan fingerprint density at radius 3 is 1.80 bits per heavy atom. The molecule has 6 heterocycles. The van der Waals surface area contributed by atoms with E-state index in [1.807, 2.05) is 48.3 Å². The fourth-order valence-corrected chi connectivity index (χ4v) is 8.67. The van der Waals surface area contributed by atoms with E-state index in [0.29, 0.717) is 128 Å². The van der Waals surface area contributed by atoms with Crippen molar-refractivity contribution in [1.82, 2.24) is 44.6 Å². The summed E-state index contributed by atoms with van der Waals surface area (Å²) in [4.78, 5) is 61.9. The van der Waals surface area contributed by atoms with Crippen LogP contribution in [0.2, 0.25) is 0 Å². The molecule has 0 bridgehead atoms. The molecule has 4 aromatic heterocycles. The van der Waals surface area contributed by atoms with Crippen LogP contribution < -0.4 is 0 Å². The third-order valence-electron chi connectivity index (χ3n) is 12.3. The number of benzene rings is 4. The summed E-state index contributed by atoms with van der Waals surface area (Å²) in [5.74, 6) is -1.13. The Labute approximate surface area is 373 Å². The summed E-state index contributed by atoms with van der Waals surface area (Å²) in [5.41, 5.74) is 9.49. The fraction of sp³-hybridized carbons (Fsp3) is 0.216. The number of aryl methyl sites for hydroxylation is 2. The van der Waals surface area contributed by atoms with E-state index in [0.717, 1.165) is 18.7 Å². The van der Waals surface area contributed by atoms with Crippen LogP contribution in [0.1, 0.15) is 31.8 Å². The zero-order valence-corrected chi connectivity index (χ0v) is 36.1. The minimum Gasteiger partial charge on any atom is -0.378 e. The second-order valence-electron chi connectivity index (χ2n) is 16.6. The number of nitrogens with zero attached hydrogens (tertiary/aromatic N) is 9. The van der Waals surface area contributed by atoms with Gasteiger partial charge in [0.05, 0.1) is 57.8 Å². The van der Waals surface area contributed by atoms with Crippen molar-refractivity contribution < 1.29 is 23.1 Å². The lowest BCUT2D eigenvalue weighted by Crippen LogP contribution is -2.47. The minimum atomic E-state index is -0.467. The van der Waals surface area contributed by atoms with Crippen molar-refractivity contribution in [2.75, 3.05) is 59.5 Å². The average molecular weight is 868 g/mol. The first-order chi connectivity index (χ1) is 31.6. The Hall–Kier alpha value is -7.42. The van der Waals surface area contributed by atoms with Gasteiger partial charge in [0.2, 0.25) is 0 Å². The molecule has 0 unspecified atom stereocenters. The quantitative estimate of drug-likeness (QED) is 0.154. The van der Waals surface area contributed by atoms with Gasteiger partial charge in [-0.05, 0) is 110 Å². The molecule has 324 valence electrons. The predicted octanol–water partition coefficient (Wildman–Crippen LogP) is 8.45. The number of rotatable bonds is 7. The molecule has 0 radical (unpaired) electrons. The van der Waals surface area contributed by atoms with Gasteiger partial charge in [0.25, 0.3) is 11.8 Å². The van der Waals surface area contributed by atoms with Crippen molar-refractivity contribution >= 4 is 33.9 Å². The lowest BCUT2D eigenvalue weighted by atomic mass is 9.90. The van der Waals surface area contributed by atoms with Crippen molar-refractivity contribution in [2.24, 2.45) is 0 Å². The van der Waals surface area contributed by atoms with Gasteiger partial charge in [-0.3, -0.25) is 39.5 Å². The summed E-state index contributed by atoms with van der Waals surface area (Å²) in [7, 11) is 2.04. The second kappa shape index (κ2) is 17.3. The fourth-order valence-electron chi connectivity index (χ4n) is 8.67. The van der Waals surface area contributed by atoms with Crippen LogP contribution in [0, 0.1) is 25.5 Å². The number of carbonyl (C=O) groups is 2. The summed E-state index contributed by atoms with van der Waals surface area (Å²) >= 11 is 0. The van der Waals surface area contributed by atoms with Gasteiger partial charge in [0, 0.05) is 110 Å². The monoisotopic (exact) mass is 867 g/mol. The Bertz CT molecular complexity index is 3190. The van der Waals surface area contributed by atoms with Crippen LogP contribution in [-0.2, 0) is 4.74 Å². The Morgan fingerprint density at radius 2 is 1.09 bits per heavy atom. The first-order valence-electron chi connectivity index (χ1n) is 21.5. The van der Waals surface area contributed by atoms with Crippen molar-refractivity contribution in [3.8, 4) is 55.9 Å². The van der Waals surface area contributed by atoms with Gasteiger partial charge < -0.3 is 19.4 Å². The van der Waals surface area contributed by atoms with Gasteiger partial charge in [0.15, 0.2) is 0 Å². The van der Waals surface area contributed by atoms with Crippen molar-refractivity contribution in [3.63, 3.8) is 0 Å². The Kier molecular flexibility index (Phi) is 11.1. The molecule has 8 aromatic rings. The maximum Gasteiger partial charge on any atom is 0.255 e. The number of morpholine rings is 1. The smallest absolute Gasteiger partial charge is 0.255 e. The van der Waals surface area contributed by atoms with Gasteiger partial charge in [-0.1, -0.05) is 6.07 Å². The normalized spacial score (nSPS) is 14.6. The number of aromatic nitrogens is 6. The summed E-state index contributed by atoms with van der Waals surface area (Å²) in [6.45, 7) is 7.89. The van der Waals surface area contributed by atoms with E-state index in [-0.39, 0.29) is 23.2 Å². The van der Waals surface area contributed by atoms with E-state index >= 15 is 4.39 Å². The highest BCUT2D eigenvalue weighted by atomic mass is 19.1. The van der Waals surface area contributed by atoms with Gasteiger partial charge in [-0.25, -0.2) is 8.78 Å². The maximum atomic E-state index is 17.0. The van der Waals surface area contributed by atoms with Crippen LogP contribution >= 0.6 is 0 Å². The van der Waals surface area contributed by atoms with Crippen molar-refractivity contribution in [2.45, 2.75) is 13.8 Å². The SMILES string of the molecule is Cc1cc(-c2ncc(C(=O)N3CCOCC3)cc2-c2cc(-c3cc(-c4ncc(C(=O)N5CCN(C)CC5)cc4-c4ccc5nccnc5c4)cc(C)c3F)c3nccnc3c2)ccc1F. The number of piperazine rings is 1. The third kappa shape index (κ3) is 8.06. The molecule has 2 amide bonds. The number of ether oxygens (including phenoxy) is 1. The van der Waals surface area contributed by atoms with Gasteiger partial charge in [0.1, 0.15) is 11.6 Å². The molecule has 0 atom stereocenters. The molecule has 0 spiro atoms. The zero-order chi connectivity index (χ0) is 44.8. The first kappa shape index (κ1) is 41.6. The Balaban J connectivity index is 1.15. The summed E-state index contributed by atoms with van der Waals surface area (Å²) in [6, 6.07) is 21.3. The number of hydrogen-bond acceptors (Lipinski definition) is 10. The lowest BCUT2D eigenvalue weighted by Gasteiger charge is -2.32. The van der Waals surface area contributed by atoms with E-state index in [2.05, 4.69) is 19.9 Å². The number of fused-ring (bicyclic) bond motifs is 2. The molecule has 2 aliphatic heterocycles. The molecule has 14 heteroatoms. The molecule has 12 nitrogen and oxygen atoms in total. The number of carbonyl (C=O) groups excluding carboxylic acids is 2. The second-order valence-corrected chi connectivity index (χ2v) is 16.6. The molecular formula is C51H43F2N9O3. The van der Waals surface area contributed by atoms with Crippen LogP contribution in [0.15, 0.2) is 110 Å². The molecular weight excluding hydrogens is 825 g/mol. The van der Waals surface area contributed by atoms with E-state index in [1.165, 1.54) is 6.07 Å². The summed E-state index contributed by atoms with van der Waals surface area (Å²) in [5, 5.41) is 0. The van der Waals surface area contributed by atoms with Crippen LogP contribution in [0.5, 0.6) is 0 Å². The first-order valence-corrected chi connectivity index (χ1v) is 21.5.